The molecule has 0 bridgehead atoms. The van der Waals surface area contributed by atoms with Crippen LogP contribution in [0.15, 0.2) is 60.0 Å². The van der Waals surface area contributed by atoms with Crippen molar-refractivity contribution >= 4 is 33.2 Å². The smallest absolute Gasteiger partial charge is 0.264 e. The quantitative estimate of drug-likeness (QED) is 0.678. The third-order valence-corrected chi connectivity index (χ3v) is 5.88. The molecule has 8 heteroatoms. The first-order chi connectivity index (χ1) is 12.8. The SMILES string of the molecule is C=CCN(c1ccc(OC)cc1)S(=O)(=O)c1ccc(Cl)c(C(=O)NCC)c1. The molecule has 0 aliphatic rings. The van der Waals surface area contributed by atoms with Gasteiger partial charge in [-0.25, -0.2) is 8.42 Å². The van der Waals surface area contributed by atoms with E-state index in [1.54, 1.807) is 31.2 Å². The monoisotopic (exact) mass is 408 g/mol. The summed E-state index contributed by atoms with van der Waals surface area (Å²) in [5.74, 6) is 0.180. The predicted molar refractivity (Wildman–Crippen MR) is 107 cm³/mol. The molecule has 0 saturated heterocycles. The molecule has 0 saturated carbocycles. The van der Waals surface area contributed by atoms with Crippen molar-refractivity contribution < 1.29 is 17.9 Å². The summed E-state index contributed by atoms with van der Waals surface area (Å²) in [4.78, 5) is 12.1. The average molecular weight is 409 g/mol. The Labute approximate surface area is 164 Å². The number of methoxy groups -OCH3 is 1. The molecule has 6 nitrogen and oxygen atoms in total. The van der Waals surface area contributed by atoms with Crippen LogP contribution >= 0.6 is 11.6 Å². The molecule has 2 aromatic carbocycles. The standard InChI is InChI=1S/C19H21ClN2O4S/c1-4-12-22(14-6-8-15(26-3)9-7-14)27(24,25)16-10-11-18(20)17(13-16)19(23)21-5-2/h4,6-11,13H,1,5,12H2,2-3H3,(H,21,23). The normalized spacial score (nSPS) is 10.9. The highest BCUT2D eigenvalue weighted by atomic mass is 35.5. The van der Waals surface area contributed by atoms with E-state index in [2.05, 4.69) is 11.9 Å². The minimum Gasteiger partial charge on any atom is -0.497 e. The molecule has 1 amide bonds. The van der Waals surface area contributed by atoms with E-state index in [1.165, 1.54) is 35.7 Å². The number of nitrogens with one attached hydrogen (secondary N) is 1. The molecule has 0 atom stereocenters. The molecule has 0 aliphatic carbocycles. The molecule has 0 spiro atoms. The molecule has 0 aromatic heterocycles. The molecule has 0 radical (unpaired) electrons. The van der Waals surface area contributed by atoms with Gasteiger partial charge in [0.25, 0.3) is 15.9 Å². The van der Waals surface area contributed by atoms with Gasteiger partial charge in [0.15, 0.2) is 0 Å². The van der Waals surface area contributed by atoms with E-state index in [-0.39, 0.29) is 22.0 Å². The summed E-state index contributed by atoms with van der Waals surface area (Å²) in [6.45, 7) is 5.87. The topological polar surface area (TPSA) is 75.7 Å². The number of benzene rings is 2. The largest absolute Gasteiger partial charge is 0.497 e. The predicted octanol–water partition coefficient (Wildman–Crippen LogP) is 3.48. The van der Waals surface area contributed by atoms with Crippen LogP contribution in [0.2, 0.25) is 5.02 Å². The fourth-order valence-corrected chi connectivity index (χ4v) is 4.10. The van der Waals surface area contributed by atoms with Crippen molar-refractivity contribution in [1.82, 2.24) is 5.32 Å². The Morgan fingerprint density at radius 1 is 1.26 bits per heavy atom. The maximum absolute atomic E-state index is 13.2. The fourth-order valence-electron chi connectivity index (χ4n) is 2.43. The van der Waals surface area contributed by atoms with Gasteiger partial charge in [-0.05, 0) is 49.4 Å². The van der Waals surface area contributed by atoms with E-state index < -0.39 is 15.9 Å². The van der Waals surface area contributed by atoms with E-state index >= 15 is 0 Å². The number of nitrogens with zero attached hydrogens (tertiary/aromatic N) is 1. The van der Waals surface area contributed by atoms with E-state index in [1.807, 2.05) is 0 Å². The van der Waals surface area contributed by atoms with Crippen LogP contribution in [0.1, 0.15) is 17.3 Å². The maximum Gasteiger partial charge on any atom is 0.264 e. The average Bonchev–Trinajstić information content (AvgIpc) is 2.66. The first kappa shape index (κ1) is 20.8. The second kappa shape index (κ2) is 8.92. The zero-order chi connectivity index (χ0) is 20.0. The Kier molecular flexibility index (Phi) is 6.87. The van der Waals surface area contributed by atoms with Crippen LogP contribution in [0.4, 0.5) is 5.69 Å². The van der Waals surface area contributed by atoms with Crippen LogP contribution < -0.4 is 14.4 Å². The van der Waals surface area contributed by atoms with Gasteiger partial charge in [-0.2, -0.15) is 0 Å². The zero-order valence-corrected chi connectivity index (χ0v) is 16.7. The van der Waals surface area contributed by atoms with Crippen LogP contribution in [0.5, 0.6) is 5.75 Å². The summed E-state index contributed by atoms with van der Waals surface area (Å²) in [6.07, 6.45) is 1.49. The van der Waals surface area contributed by atoms with E-state index in [0.717, 1.165) is 0 Å². The van der Waals surface area contributed by atoms with Crippen LogP contribution in [-0.2, 0) is 10.0 Å². The molecule has 1 N–H and O–H groups in total. The molecule has 0 fully saturated rings. The molecule has 27 heavy (non-hydrogen) atoms. The molecular weight excluding hydrogens is 388 g/mol. The highest BCUT2D eigenvalue weighted by molar-refractivity contribution is 7.92. The number of amides is 1. The second-order valence-corrected chi connectivity index (χ2v) is 7.79. The molecule has 2 rings (SSSR count). The second-order valence-electron chi connectivity index (χ2n) is 5.52. The Morgan fingerprint density at radius 3 is 2.48 bits per heavy atom. The summed E-state index contributed by atoms with van der Waals surface area (Å²) < 4.78 is 32.7. The van der Waals surface area contributed by atoms with Crippen molar-refractivity contribution in [3.05, 3.63) is 65.7 Å². The Hall–Kier alpha value is -2.51. The van der Waals surface area contributed by atoms with Crippen molar-refractivity contribution in [1.29, 1.82) is 0 Å². The third kappa shape index (κ3) is 4.61. The molecule has 0 heterocycles. The van der Waals surface area contributed by atoms with E-state index in [9.17, 15) is 13.2 Å². The number of carbonyl (C=O) groups excluding carboxylic acids is 1. The lowest BCUT2D eigenvalue weighted by Gasteiger charge is -2.23. The number of sulfonamides is 1. The summed E-state index contributed by atoms with van der Waals surface area (Å²) in [7, 11) is -2.41. The molecular formula is C19H21ClN2O4S. The van der Waals surface area contributed by atoms with Gasteiger partial charge < -0.3 is 10.1 Å². The first-order valence-corrected chi connectivity index (χ1v) is 10.0. The number of hydrogen-bond donors (Lipinski definition) is 1. The fraction of sp³-hybridized carbons (Fsp3) is 0.211. The number of halogens is 1. The van der Waals surface area contributed by atoms with Crippen molar-refractivity contribution in [2.75, 3.05) is 24.5 Å². The molecule has 2 aromatic rings. The number of rotatable bonds is 8. The Bertz CT molecular complexity index is 927. The zero-order valence-electron chi connectivity index (χ0n) is 15.1. The first-order valence-electron chi connectivity index (χ1n) is 8.20. The number of carbonyl (C=O) groups is 1. The molecule has 0 unspecified atom stereocenters. The van der Waals surface area contributed by atoms with Gasteiger partial charge >= 0.3 is 0 Å². The Morgan fingerprint density at radius 2 is 1.93 bits per heavy atom. The van der Waals surface area contributed by atoms with Gasteiger partial charge in [-0.1, -0.05) is 17.7 Å². The lowest BCUT2D eigenvalue weighted by molar-refractivity contribution is 0.0955. The van der Waals surface area contributed by atoms with Gasteiger partial charge in [0, 0.05) is 6.54 Å². The van der Waals surface area contributed by atoms with E-state index in [0.29, 0.717) is 18.0 Å². The van der Waals surface area contributed by atoms with Crippen LogP contribution in [0.3, 0.4) is 0 Å². The number of anilines is 1. The highest BCUT2D eigenvalue weighted by Gasteiger charge is 2.26. The molecule has 144 valence electrons. The summed E-state index contributed by atoms with van der Waals surface area (Å²) >= 11 is 6.07. The Balaban J connectivity index is 2.50. The third-order valence-electron chi connectivity index (χ3n) is 3.76. The van der Waals surface area contributed by atoms with Gasteiger partial charge in [0.1, 0.15) is 5.75 Å². The minimum atomic E-state index is -3.94. The summed E-state index contributed by atoms with van der Waals surface area (Å²) in [5.41, 5.74) is 0.554. The van der Waals surface area contributed by atoms with Gasteiger partial charge in [0.05, 0.1) is 34.8 Å². The summed E-state index contributed by atoms with van der Waals surface area (Å²) in [6, 6.07) is 10.7. The minimum absolute atomic E-state index is 0.0363. The number of ether oxygens (including phenoxy) is 1. The van der Waals surface area contributed by atoms with Gasteiger partial charge in [-0.15, -0.1) is 6.58 Å². The lowest BCUT2D eigenvalue weighted by Crippen LogP contribution is -2.31. The maximum atomic E-state index is 13.2. The van der Waals surface area contributed by atoms with Gasteiger partial charge in [-0.3, -0.25) is 9.10 Å². The van der Waals surface area contributed by atoms with E-state index in [4.69, 9.17) is 16.3 Å². The molecule has 0 aliphatic heterocycles. The van der Waals surface area contributed by atoms with Crippen molar-refractivity contribution in [2.45, 2.75) is 11.8 Å². The van der Waals surface area contributed by atoms with Crippen molar-refractivity contribution in [3.63, 3.8) is 0 Å². The lowest BCUT2D eigenvalue weighted by atomic mass is 10.2. The van der Waals surface area contributed by atoms with Crippen molar-refractivity contribution in [2.24, 2.45) is 0 Å². The number of hydrogen-bond acceptors (Lipinski definition) is 4. The highest BCUT2D eigenvalue weighted by Crippen LogP contribution is 2.28. The van der Waals surface area contributed by atoms with Crippen molar-refractivity contribution in [3.8, 4) is 5.75 Å². The van der Waals surface area contributed by atoms with Gasteiger partial charge in [0.2, 0.25) is 0 Å². The van der Waals surface area contributed by atoms with Crippen LogP contribution in [0.25, 0.3) is 0 Å². The van der Waals surface area contributed by atoms with Crippen LogP contribution in [-0.4, -0.2) is 34.5 Å². The van der Waals surface area contributed by atoms with Crippen LogP contribution in [0, 0.1) is 0 Å². The summed E-state index contributed by atoms with van der Waals surface area (Å²) in [5, 5.41) is 2.80.